The predicted molar refractivity (Wildman–Crippen MR) is 139 cm³/mol. The minimum absolute atomic E-state index is 0.0636. The average molecular weight is 544 g/mol. The second kappa shape index (κ2) is 12.7. The maximum absolute atomic E-state index is 13.8. The quantitative estimate of drug-likeness (QED) is 0.342. The molecule has 1 aliphatic rings. The van der Waals surface area contributed by atoms with Crippen LogP contribution in [0.3, 0.4) is 0 Å². The van der Waals surface area contributed by atoms with Gasteiger partial charge in [0, 0.05) is 41.0 Å². The molecule has 1 aromatic heterocycles. The molecular weight excluding hydrogens is 503 g/mol. The number of aromatic nitrogens is 1. The van der Waals surface area contributed by atoms with Crippen molar-refractivity contribution >= 4 is 23.1 Å². The van der Waals surface area contributed by atoms with Gasteiger partial charge in [-0.3, -0.25) is 9.59 Å². The van der Waals surface area contributed by atoms with Gasteiger partial charge in [0.25, 0.3) is 0 Å². The third kappa shape index (κ3) is 8.50. The number of cyclic esters (lactones) is 1. The average Bonchev–Trinajstić information content (AvgIpc) is 3.21. The second-order valence-corrected chi connectivity index (χ2v) is 12.1. The van der Waals surface area contributed by atoms with Gasteiger partial charge in [-0.25, -0.2) is 4.98 Å². The minimum Gasteiger partial charge on any atom is -0.462 e. The number of hydrogen-bond acceptors (Lipinski definition) is 6. The van der Waals surface area contributed by atoms with E-state index in [4.69, 9.17) is 4.74 Å². The van der Waals surface area contributed by atoms with Crippen LogP contribution in [0.2, 0.25) is 0 Å². The van der Waals surface area contributed by atoms with Crippen LogP contribution in [0, 0.1) is 36.0 Å². The summed E-state index contributed by atoms with van der Waals surface area (Å²) in [6.45, 7) is 12.3. The van der Waals surface area contributed by atoms with Crippen LogP contribution >= 0.6 is 11.3 Å². The number of ketones is 1. The van der Waals surface area contributed by atoms with Crippen LogP contribution in [0.25, 0.3) is 0 Å². The molecule has 0 bridgehead atoms. The molecule has 9 heteroatoms. The number of hydrogen-bond donors (Lipinski definition) is 1. The van der Waals surface area contributed by atoms with Gasteiger partial charge in [-0.15, -0.1) is 11.3 Å². The van der Waals surface area contributed by atoms with E-state index >= 15 is 0 Å². The van der Waals surface area contributed by atoms with E-state index in [9.17, 15) is 27.9 Å². The van der Waals surface area contributed by atoms with Crippen molar-refractivity contribution in [3.8, 4) is 0 Å². The number of allylic oxidation sites excluding steroid dienone is 2. The summed E-state index contributed by atoms with van der Waals surface area (Å²) in [6.07, 6.45) is -2.46. The first-order chi connectivity index (χ1) is 17.0. The molecule has 0 radical (unpaired) electrons. The minimum atomic E-state index is -4.55. The number of esters is 1. The zero-order chi connectivity index (χ0) is 28.1. The van der Waals surface area contributed by atoms with Gasteiger partial charge < -0.3 is 9.84 Å². The number of aryl methyl sites for hydroxylation is 1. The number of thiazole rings is 1. The van der Waals surface area contributed by atoms with Crippen molar-refractivity contribution in [1.82, 2.24) is 4.98 Å². The van der Waals surface area contributed by atoms with Crippen molar-refractivity contribution in [3.63, 3.8) is 0 Å². The number of aliphatic hydroxyl groups excluding tert-OH is 1. The highest BCUT2D eigenvalue weighted by atomic mass is 32.1. The van der Waals surface area contributed by atoms with E-state index in [0.717, 1.165) is 16.8 Å². The lowest BCUT2D eigenvalue weighted by molar-refractivity contribution is -0.154. The molecule has 1 unspecified atom stereocenters. The van der Waals surface area contributed by atoms with Crippen molar-refractivity contribution in [2.75, 3.05) is 0 Å². The summed E-state index contributed by atoms with van der Waals surface area (Å²) in [6, 6.07) is 0. The standard InChI is InChI=1S/C28H40F3NO4S/c1-16-9-8-10-21(28(29,30)31)11-12-23(17(2)13-22-15-37-20(5)32-22)36-24(33)14-18(3)27(6,7)26(35)19(4)25(16)34/h8-9,11,15-19,23,25,34H,10,12-14H2,1-7H3/b9-8+,21-11+/t16-,17?,18-,19+,23+,25-/m0/s1. The number of alkyl halides is 3. The van der Waals surface area contributed by atoms with Crippen molar-refractivity contribution < 1.29 is 32.6 Å². The Kier molecular flexibility index (Phi) is 10.7. The molecule has 1 aliphatic heterocycles. The van der Waals surface area contributed by atoms with Crippen molar-refractivity contribution in [1.29, 1.82) is 0 Å². The van der Waals surface area contributed by atoms with Crippen LogP contribution in [-0.4, -0.2) is 40.2 Å². The molecule has 2 rings (SSSR count). The fourth-order valence-corrected chi connectivity index (χ4v) is 5.24. The molecule has 0 fully saturated rings. The molecule has 2 heterocycles. The van der Waals surface area contributed by atoms with Crippen LogP contribution in [-0.2, 0) is 20.7 Å². The summed E-state index contributed by atoms with van der Waals surface area (Å²) in [5.74, 6) is -2.72. The van der Waals surface area contributed by atoms with Crippen LogP contribution in [0.1, 0.15) is 71.5 Å². The van der Waals surface area contributed by atoms with Gasteiger partial charge >= 0.3 is 12.1 Å². The van der Waals surface area contributed by atoms with Gasteiger partial charge in [-0.2, -0.15) is 13.2 Å². The number of Topliss-reactive ketones (excluding diaryl/α,β-unsaturated/α-hetero) is 1. The summed E-state index contributed by atoms with van der Waals surface area (Å²) in [5.41, 5.74) is -0.848. The van der Waals surface area contributed by atoms with E-state index in [1.807, 2.05) is 19.2 Å². The smallest absolute Gasteiger partial charge is 0.412 e. The highest BCUT2D eigenvalue weighted by Gasteiger charge is 2.41. The number of halogens is 3. The van der Waals surface area contributed by atoms with Crippen LogP contribution in [0.4, 0.5) is 13.2 Å². The highest BCUT2D eigenvalue weighted by Crippen LogP contribution is 2.36. The SMILES string of the molecule is Cc1nc(CC(C)[C@H]2C/C=C(/C(F)(F)F)C/C=C/[C@H](C)[C@H](O)[C@@H](C)C(=O)C(C)(C)[C@@H](C)CC(=O)O2)cs1. The summed E-state index contributed by atoms with van der Waals surface area (Å²) in [7, 11) is 0. The number of carbonyl (C=O) groups is 2. The molecule has 0 spiro atoms. The molecule has 6 atom stereocenters. The Morgan fingerprint density at radius 3 is 2.46 bits per heavy atom. The second-order valence-electron chi connectivity index (χ2n) is 11.0. The maximum atomic E-state index is 13.8. The topological polar surface area (TPSA) is 76.5 Å². The first kappa shape index (κ1) is 31.2. The Hall–Kier alpha value is -2.00. The third-order valence-electron chi connectivity index (χ3n) is 7.66. The molecule has 0 aromatic carbocycles. The van der Waals surface area contributed by atoms with E-state index in [1.165, 1.54) is 23.5 Å². The maximum Gasteiger partial charge on any atom is 0.412 e. The van der Waals surface area contributed by atoms with Gasteiger partial charge in [0.2, 0.25) is 0 Å². The normalized spacial score (nSPS) is 31.8. The monoisotopic (exact) mass is 543 g/mol. The lowest BCUT2D eigenvalue weighted by atomic mass is 9.69. The molecule has 0 amide bonds. The first-order valence-corrected chi connectivity index (χ1v) is 13.7. The molecule has 0 aliphatic carbocycles. The summed E-state index contributed by atoms with van der Waals surface area (Å²) >= 11 is 1.49. The van der Waals surface area contributed by atoms with E-state index in [2.05, 4.69) is 4.98 Å². The molecule has 0 saturated heterocycles. The zero-order valence-electron chi connectivity index (χ0n) is 22.8. The zero-order valence-corrected chi connectivity index (χ0v) is 23.6. The Morgan fingerprint density at radius 1 is 1.24 bits per heavy atom. The fourth-order valence-electron chi connectivity index (χ4n) is 4.62. The van der Waals surface area contributed by atoms with E-state index in [-0.39, 0.29) is 31.0 Å². The Balaban J connectivity index is 2.44. The van der Waals surface area contributed by atoms with Gasteiger partial charge in [-0.1, -0.05) is 59.8 Å². The largest absolute Gasteiger partial charge is 0.462 e. The molecule has 208 valence electrons. The number of ether oxygens (including phenoxy) is 1. The van der Waals surface area contributed by atoms with Gasteiger partial charge in [-0.05, 0) is 31.6 Å². The van der Waals surface area contributed by atoms with E-state index in [1.54, 1.807) is 34.6 Å². The van der Waals surface area contributed by atoms with Crippen LogP contribution in [0.15, 0.2) is 29.2 Å². The number of rotatable bonds is 3. The molecule has 0 saturated carbocycles. The highest BCUT2D eigenvalue weighted by molar-refractivity contribution is 7.09. The molecule has 1 aromatic rings. The van der Waals surface area contributed by atoms with E-state index < -0.39 is 53.1 Å². The number of nitrogens with zero attached hydrogens (tertiary/aromatic N) is 1. The number of carbonyl (C=O) groups excluding carboxylic acids is 2. The fraction of sp³-hybridized carbons (Fsp3) is 0.679. The van der Waals surface area contributed by atoms with Gasteiger partial charge in [0.1, 0.15) is 11.9 Å². The Labute approximate surface area is 222 Å². The van der Waals surface area contributed by atoms with Crippen molar-refractivity contribution in [3.05, 3.63) is 39.9 Å². The van der Waals surface area contributed by atoms with Crippen molar-refractivity contribution in [2.24, 2.45) is 29.1 Å². The predicted octanol–water partition coefficient (Wildman–Crippen LogP) is 6.64. The van der Waals surface area contributed by atoms with Crippen LogP contribution < -0.4 is 0 Å². The molecular formula is C28H40F3NO4S. The van der Waals surface area contributed by atoms with Crippen LogP contribution in [0.5, 0.6) is 0 Å². The molecule has 5 nitrogen and oxygen atoms in total. The Bertz CT molecular complexity index is 998. The molecule has 1 N–H and O–H groups in total. The lowest BCUT2D eigenvalue weighted by Gasteiger charge is -2.35. The molecule has 37 heavy (non-hydrogen) atoms. The van der Waals surface area contributed by atoms with E-state index in [0.29, 0.717) is 6.42 Å². The first-order valence-electron chi connectivity index (χ1n) is 12.8. The van der Waals surface area contributed by atoms with Gasteiger partial charge in [0.15, 0.2) is 0 Å². The lowest BCUT2D eigenvalue weighted by Crippen LogP contribution is -2.42. The summed E-state index contributed by atoms with van der Waals surface area (Å²) in [4.78, 5) is 30.7. The summed E-state index contributed by atoms with van der Waals surface area (Å²) in [5, 5.41) is 13.5. The van der Waals surface area contributed by atoms with Gasteiger partial charge in [0.05, 0.1) is 16.8 Å². The summed E-state index contributed by atoms with van der Waals surface area (Å²) < 4.78 is 47.2. The van der Waals surface area contributed by atoms with Crippen molar-refractivity contribution in [2.45, 2.75) is 92.5 Å². The third-order valence-corrected chi connectivity index (χ3v) is 8.48. The Morgan fingerprint density at radius 2 is 1.89 bits per heavy atom. The number of aliphatic hydroxyl groups is 1.